The molecule has 504 valence electrons. The third kappa shape index (κ3) is 21.9. The summed E-state index contributed by atoms with van der Waals surface area (Å²) in [4.78, 5) is 62.3. The van der Waals surface area contributed by atoms with Crippen molar-refractivity contribution in [3.8, 4) is 0 Å². The van der Waals surface area contributed by atoms with Crippen LogP contribution >= 0.6 is 0 Å². The third-order valence-corrected chi connectivity index (χ3v) is 15.0. The highest BCUT2D eigenvalue weighted by molar-refractivity contribution is 5.85. The molecule has 11 aromatic rings. The number of aliphatic hydroxyl groups is 3. The molecule has 2 amide bonds. The second-order valence-corrected chi connectivity index (χ2v) is 25.3. The predicted octanol–water partition coefficient (Wildman–Crippen LogP) is 14.4. The zero-order valence-electron chi connectivity index (χ0n) is 54.9. The molecule has 0 aliphatic heterocycles. The van der Waals surface area contributed by atoms with Crippen LogP contribution in [0.1, 0.15) is 118 Å². The number of nitrogens with zero attached hydrogens (tertiary/aromatic N) is 3. The highest BCUT2D eigenvalue weighted by Gasteiger charge is 2.31. The molecule has 0 bridgehead atoms. The number of nitrogen functional groups attached to an aromatic ring is 1. The number of aliphatic hydroxyl groups excluding tert-OH is 3. The Morgan fingerprint density at radius 1 is 0.423 bits per heavy atom. The number of aromatic nitrogens is 3. The van der Waals surface area contributed by atoms with Crippen LogP contribution in [0.4, 0.5) is 26.7 Å². The molecule has 3 heterocycles. The lowest BCUT2D eigenvalue weighted by atomic mass is 9.90. The molecule has 6 atom stereocenters. The summed E-state index contributed by atoms with van der Waals surface area (Å²) in [5.41, 5.74) is 20.9. The number of fused-ring (bicyclic) bond motifs is 3. The van der Waals surface area contributed by atoms with Crippen molar-refractivity contribution in [3.05, 3.63) is 252 Å². The van der Waals surface area contributed by atoms with Gasteiger partial charge in [-0.3, -0.25) is 20.2 Å². The van der Waals surface area contributed by atoms with Gasteiger partial charge >= 0.3 is 24.1 Å². The topological polar surface area (TPSA) is 320 Å². The molecule has 97 heavy (non-hydrogen) atoms. The van der Waals surface area contributed by atoms with Gasteiger partial charge in [-0.2, -0.15) is 0 Å². The molecule has 0 spiro atoms. The molecular formula is C76H81N7O14. The van der Waals surface area contributed by atoms with E-state index < -0.39 is 65.5 Å². The Kier molecular flexibility index (Phi) is 24.1. The average Bonchev–Trinajstić information content (AvgIpc) is 1.72. The predicted molar refractivity (Wildman–Crippen MR) is 368 cm³/mol. The third-order valence-electron chi connectivity index (χ3n) is 15.0. The van der Waals surface area contributed by atoms with Gasteiger partial charge < -0.3 is 59.0 Å². The molecule has 3 aromatic heterocycles. The Balaban J connectivity index is 0.000000173. The fourth-order valence-electron chi connectivity index (χ4n) is 10.2. The van der Waals surface area contributed by atoms with Crippen LogP contribution in [-0.4, -0.2) is 71.6 Å². The number of rotatable bonds is 22. The fourth-order valence-corrected chi connectivity index (χ4v) is 10.2. The SMILES string of the molecule is CC(C)(C)OC(=O)Nc1ccc(C[C@H](CC(=O)OCc2ccccc2)C(O)c2nc3ccccc3o2)cc1.CC(C)(C)OC(=O)Nc1ccc(C[C@H](N)C(O)c2nc3ccccc3o2)cc1.Nc1ccc(C[C@H](CC(=O)OCc2ccccc2)C(O)c2nc3ccccc3o2)cc1. The summed E-state index contributed by atoms with van der Waals surface area (Å²) in [5.74, 6) is -1.31. The van der Waals surface area contributed by atoms with Crippen molar-refractivity contribution in [3.63, 3.8) is 0 Å². The van der Waals surface area contributed by atoms with Crippen molar-refractivity contribution in [2.75, 3.05) is 16.4 Å². The summed E-state index contributed by atoms with van der Waals surface area (Å²) in [6.07, 6.45) is -3.06. The number of hydrogen-bond acceptors (Lipinski definition) is 19. The first-order chi connectivity index (χ1) is 46.4. The fraction of sp³-hybridized carbons (Fsp3) is 0.276. The minimum Gasteiger partial charge on any atom is -0.461 e. The highest BCUT2D eigenvalue weighted by atomic mass is 16.6. The molecule has 9 N–H and O–H groups in total. The largest absolute Gasteiger partial charge is 0.461 e. The van der Waals surface area contributed by atoms with Gasteiger partial charge in [0.2, 0.25) is 17.7 Å². The smallest absolute Gasteiger partial charge is 0.412 e. The number of carbonyl (C=O) groups is 4. The van der Waals surface area contributed by atoms with Gasteiger partial charge in [0.25, 0.3) is 0 Å². The van der Waals surface area contributed by atoms with E-state index in [2.05, 4.69) is 25.6 Å². The zero-order chi connectivity index (χ0) is 69.1. The summed E-state index contributed by atoms with van der Waals surface area (Å²) in [5, 5.41) is 38.1. The van der Waals surface area contributed by atoms with Crippen LogP contribution in [0.15, 0.2) is 220 Å². The van der Waals surface area contributed by atoms with Crippen LogP contribution in [0.3, 0.4) is 0 Å². The van der Waals surface area contributed by atoms with Crippen molar-refractivity contribution in [2.24, 2.45) is 17.6 Å². The van der Waals surface area contributed by atoms with Gasteiger partial charge in [0.1, 0.15) is 59.3 Å². The highest BCUT2D eigenvalue weighted by Crippen LogP contribution is 2.33. The maximum absolute atomic E-state index is 12.8. The number of ether oxygens (including phenoxy) is 4. The Morgan fingerprint density at radius 2 is 0.742 bits per heavy atom. The first kappa shape index (κ1) is 70.6. The lowest BCUT2D eigenvalue weighted by Crippen LogP contribution is -2.30. The molecule has 0 fully saturated rings. The number of benzene rings is 8. The van der Waals surface area contributed by atoms with E-state index in [0.29, 0.717) is 69.6 Å². The van der Waals surface area contributed by atoms with Gasteiger partial charge in [-0.05, 0) is 161 Å². The van der Waals surface area contributed by atoms with E-state index in [1.807, 2.05) is 146 Å². The van der Waals surface area contributed by atoms with Crippen molar-refractivity contribution in [1.82, 2.24) is 15.0 Å². The van der Waals surface area contributed by atoms with Crippen molar-refractivity contribution < 1.29 is 66.7 Å². The van der Waals surface area contributed by atoms with E-state index in [1.165, 1.54) is 0 Å². The lowest BCUT2D eigenvalue weighted by molar-refractivity contribution is -0.148. The minimum absolute atomic E-state index is 0.0249. The maximum Gasteiger partial charge on any atom is 0.412 e. The number of oxazole rings is 3. The average molecular weight is 1320 g/mol. The molecule has 8 aromatic carbocycles. The number of amides is 2. The molecule has 0 saturated carbocycles. The molecule has 0 aliphatic carbocycles. The van der Waals surface area contributed by atoms with Gasteiger partial charge in [-0.25, -0.2) is 24.5 Å². The second kappa shape index (κ2) is 33.1. The maximum atomic E-state index is 12.8. The van der Waals surface area contributed by atoms with Gasteiger partial charge in [-0.1, -0.05) is 133 Å². The van der Waals surface area contributed by atoms with Crippen LogP contribution in [0.25, 0.3) is 33.3 Å². The number of hydrogen-bond donors (Lipinski definition) is 7. The lowest BCUT2D eigenvalue weighted by Gasteiger charge is -2.21. The number of para-hydroxylation sites is 6. The molecule has 21 nitrogen and oxygen atoms in total. The van der Waals surface area contributed by atoms with Crippen LogP contribution in [0.5, 0.6) is 0 Å². The number of esters is 2. The first-order valence-electron chi connectivity index (χ1n) is 31.7. The number of carbonyl (C=O) groups excluding carboxylic acids is 4. The monoisotopic (exact) mass is 1320 g/mol. The Labute approximate surface area is 561 Å². The van der Waals surface area contributed by atoms with E-state index in [9.17, 15) is 34.5 Å². The second-order valence-electron chi connectivity index (χ2n) is 25.3. The van der Waals surface area contributed by atoms with Crippen LogP contribution in [0, 0.1) is 11.8 Å². The zero-order valence-corrected chi connectivity index (χ0v) is 54.9. The molecule has 11 rings (SSSR count). The van der Waals surface area contributed by atoms with Gasteiger partial charge in [0.15, 0.2) is 16.7 Å². The molecule has 3 unspecified atom stereocenters. The van der Waals surface area contributed by atoms with Crippen LogP contribution in [-0.2, 0) is 61.0 Å². The normalized spacial score (nSPS) is 13.3. The number of nitrogens with two attached hydrogens (primary N) is 2. The van der Waals surface area contributed by atoms with Gasteiger partial charge in [0.05, 0.1) is 12.8 Å². The quantitative estimate of drug-likeness (QED) is 0.0188. The number of nitrogens with one attached hydrogen (secondary N) is 2. The van der Waals surface area contributed by atoms with Crippen molar-refractivity contribution >= 4 is 74.5 Å². The van der Waals surface area contributed by atoms with Gasteiger partial charge in [-0.15, -0.1) is 0 Å². The molecular weight excluding hydrogens is 1230 g/mol. The van der Waals surface area contributed by atoms with Gasteiger partial charge in [0, 0.05) is 34.9 Å². The van der Waals surface area contributed by atoms with E-state index in [-0.39, 0.29) is 49.7 Å². The Bertz CT molecular complexity index is 4220. The Morgan fingerprint density at radius 3 is 1.09 bits per heavy atom. The molecule has 0 saturated heterocycles. The molecule has 0 aliphatic rings. The molecule has 21 heteroatoms. The minimum atomic E-state index is -1.13. The summed E-state index contributed by atoms with van der Waals surface area (Å²) < 4.78 is 38.6. The van der Waals surface area contributed by atoms with Crippen molar-refractivity contribution in [1.29, 1.82) is 0 Å². The molecule has 0 radical (unpaired) electrons. The summed E-state index contributed by atoms with van der Waals surface area (Å²) >= 11 is 0. The summed E-state index contributed by atoms with van der Waals surface area (Å²) in [6, 6.07) is 61.9. The van der Waals surface area contributed by atoms with E-state index in [4.69, 9.17) is 43.7 Å². The van der Waals surface area contributed by atoms with E-state index >= 15 is 0 Å². The Hall–Kier alpha value is -10.7. The van der Waals surface area contributed by atoms with E-state index in [0.717, 1.165) is 27.8 Å². The van der Waals surface area contributed by atoms with Crippen LogP contribution in [0.2, 0.25) is 0 Å². The van der Waals surface area contributed by atoms with E-state index in [1.54, 1.807) is 102 Å². The summed E-state index contributed by atoms with van der Waals surface area (Å²) in [6.45, 7) is 11.1. The van der Waals surface area contributed by atoms with Crippen LogP contribution < -0.4 is 22.1 Å². The number of anilines is 3. The standard InChI is InChI=1S/C30H32N2O6.C25H24N2O4.C21H25N3O4/c1-30(2,3)38-29(35)31-23-15-13-20(14-16-23)17-22(18-26(33)36-19-21-9-5-4-6-10-21)27(34)28-32-24-11-7-8-12-25(24)37-28;26-20-12-10-17(11-13-20)14-19(15-23(28)30-16-18-6-2-1-3-7-18)24(29)25-27-21-8-4-5-9-22(21)31-25;1-21(2,3)28-20(26)23-14-10-8-13(9-11-14)12-15(22)18(25)19-24-16-6-4-5-7-17(16)27-19/h4-16,22,27,34H,17-19H2,1-3H3,(H,31,35);1-13,19,24,29H,14-16,26H2;4-11,15,18,25H,12,22H2,1-3H3,(H,23,26)/t22-,27?;19-,24?;15-,18?/m110/s1. The summed E-state index contributed by atoms with van der Waals surface area (Å²) in [7, 11) is 0. The first-order valence-corrected chi connectivity index (χ1v) is 31.7. The van der Waals surface area contributed by atoms with Crippen molar-refractivity contribution in [2.45, 2.75) is 122 Å².